The van der Waals surface area contributed by atoms with Gasteiger partial charge in [-0.25, -0.2) is 0 Å². The van der Waals surface area contributed by atoms with Crippen LogP contribution in [0.25, 0.3) is 0 Å². The zero-order valence-electron chi connectivity index (χ0n) is 16.3. The topological polar surface area (TPSA) is 56.4 Å². The summed E-state index contributed by atoms with van der Waals surface area (Å²) in [5.41, 5.74) is 4.87. The maximum absolute atomic E-state index is 13.2. The molecule has 0 aliphatic carbocycles. The summed E-state index contributed by atoms with van der Waals surface area (Å²) in [5, 5.41) is 10.4. The molecule has 1 amide bonds. The molecule has 0 fully saturated rings. The minimum absolute atomic E-state index is 0.202. The maximum Gasteiger partial charge on any atom is 0.255 e. The first kappa shape index (κ1) is 20.2. The smallest absolute Gasteiger partial charge is 0.255 e. The molecule has 3 rings (SSSR count). The highest BCUT2D eigenvalue weighted by atomic mass is 35.5. The van der Waals surface area contributed by atoms with E-state index in [9.17, 15) is 4.79 Å². The minimum atomic E-state index is -0.343. The molecule has 3 N–H and O–H groups in total. The number of amides is 1. The van der Waals surface area contributed by atoms with Gasteiger partial charge in [0.2, 0.25) is 0 Å². The van der Waals surface area contributed by atoms with Crippen LogP contribution in [0.15, 0.2) is 53.7 Å². The van der Waals surface area contributed by atoms with E-state index in [-0.39, 0.29) is 11.9 Å². The van der Waals surface area contributed by atoms with Crippen molar-refractivity contribution < 1.29 is 4.79 Å². The SMILES string of the molecule is CC1=C(C(=O)Nc2cccc(Cl)c2C)[C@@H](c2ccc(N(C)C)cc2)NC(=S)N1. The van der Waals surface area contributed by atoms with E-state index in [1.165, 1.54) is 0 Å². The predicted octanol–water partition coefficient (Wildman–Crippen LogP) is 4.15. The van der Waals surface area contributed by atoms with Crippen LogP contribution < -0.4 is 20.9 Å². The lowest BCUT2D eigenvalue weighted by Crippen LogP contribution is -2.45. The lowest BCUT2D eigenvalue weighted by molar-refractivity contribution is -0.113. The number of thiocarbonyl (C=S) groups is 1. The molecule has 2 aromatic carbocycles. The van der Waals surface area contributed by atoms with Crippen molar-refractivity contribution in [3.63, 3.8) is 0 Å². The zero-order valence-corrected chi connectivity index (χ0v) is 17.8. The second-order valence-electron chi connectivity index (χ2n) is 6.92. The Hall–Kier alpha value is -2.57. The van der Waals surface area contributed by atoms with Gasteiger partial charge in [0, 0.05) is 36.2 Å². The van der Waals surface area contributed by atoms with Gasteiger partial charge in [-0.05, 0) is 61.5 Å². The average Bonchev–Trinajstić information content (AvgIpc) is 2.64. The second-order valence-corrected chi connectivity index (χ2v) is 7.74. The number of rotatable bonds is 4. The van der Waals surface area contributed by atoms with Crippen molar-refractivity contribution in [1.29, 1.82) is 0 Å². The summed E-state index contributed by atoms with van der Waals surface area (Å²) < 4.78 is 0. The highest BCUT2D eigenvalue weighted by molar-refractivity contribution is 7.80. The van der Waals surface area contributed by atoms with Crippen LogP contribution in [0.3, 0.4) is 0 Å². The Kier molecular flexibility index (Phi) is 5.91. The average molecular weight is 415 g/mol. The number of nitrogens with zero attached hydrogens (tertiary/aromatic N) is 1. The van der Waals surface area contributed by atoms with Crippen molar-refractivity contribution in [3.8, 4) is 0 Å². The Balaban J connectivity index is 1.95. The maximum atomic E-state index is 13.2. The Bertz CT molecular complexity index is 953. The van der Waals surface area contributed by atoms with Gasteiger partial charge in [-0.3, -0.25) is 4.79 Å². The monoisotopic (exact) mass is 414 g/mol. The summed E-state index contributed by atoms with van der Waals surface area (Å²) in [7, 11) is 3.98. The molecule has 7 heteroatoms. The van der Waals surface area contributed by atoms with Crippen LogP contribution >= 0.6 is 23.8 Å². The molecule has 0 saturated carbocycles. The lowest BCUT2D eigenvalue weighted by atomic mass is 9.94. The summed E-state index contributed by atoms with van der Waals surface area (Å²) in [6.07, 6.45) is 0. The van der Waals surface area contributed by atoms with E-state index in [2.05, 4.69) is 16.0 Å². The van der Waals surface area contributed by atoms with E-state index in [1.54, 1.807) is 6.07 Å². The fraction of sp³-hybridized carbons (Fsp3) is 0.238. The predicted molar refractivity (Wildman–Crippen MR) is 120 cm³/mol. The molecule has 5 nitrogen and oxygen atoms in total. The van der Waals surface area contributed by atoms with Gasteiger partial charge in [0.05, 0.1) is 11.6 Å². The fourth-order valence-corrected chi connectivity index (χ4v) is 3.59. The molecule has 1 atom stereocenters. The first-order valence-corrected chi connectivity index (χ1v) is 9.68. The van der Waals surface area contributed by atoms with Crippen molar-refractivity contribution >= 4 is 46.2 Å². The molecule has 1 aliphatic rings. The number of carbonyl (C=O) groups excluding carboxylic acids is 1. The van der Waals surface area contributed by atoms with Crippen LogP contribution in [0.2, 0.25) is 5.02 Å². The molecule has 2 aromatic rings. The second kappa shape index (κ2) is 8.20. The van der Waals surface area contributed by atoms with Crippen molar-refractivity contribution in [2.45, 2.75) is 19.9 Å². The van der Waals surface area contributed by atoms with E-state index in [0.29, 0.717) is 21.4 Å². The van der Waals surface area contributed by atoms with E-state index >= 15 is 0 Å². The fourth-order valence-electron chi connectivity index (χ4n) is 3.14. The quantitative estimate of drug-likeness (QED) is 0.656. The Morgan fingerprint density at radius 3 is 2.46 bits per heavy atom. The third kappa shape index (κ3) is 4.13. The number of allylic oxidation sites excluding steroid dienone is 1. The molecule has 0 radical (unpaired) electrons. The van der Waals surface area contributed by atoms with E-state index in [0.717, 1.165) is 22.5 Å². The van der Waals surface area contributed by atoms with Crippen LogP contribution in [-0.4, -0.2) is 25.1 Å². The molecule has 0 spiro atoms. The zero-order chi connectivity index (χ0) is 20.4. The van der Waals surface area contributed by atoms with Crippen molar-refractivity contribution in [2.75, 3.05) is 24.3 Å². The molecular formula is C21H23ClN4OS. The molecule has 0 aromatic heterocycles. The molecular weight excluding hydrogens is 392 g/mol. The Morgan fingerprint density at radius 2 is 1.82 bits per heavy atom. The van der Waals surface area contributed by atoms with Crippen LogP contribution in [0.1, 0.15) is 24.1 Å². The molecule has 146 valence electrons. The number of carbonyl (C=O) groups is 1. The van der Waals surface area contributed by atoms with Gasteiger partial charge in [-0.1, -0.05) is 29.8 Å². The summed E-state index contributed by atoms with van der Waals surface area (Å²) in [4.78, 5) is 15.2. The standard InChI is InChI=1S/C21H23ClN4OS/c1-12-16(22)6-5-7-17(12)24-20(27)18-13(2)23-21(28)25-19(18)14-8-10-15(11-9-14)26(3)4/h5-11,19H,1-4H3,(H,24,27)(H2,23,25,28)/t19-/m1/s1. The van der Waals surface area contributed by atoms with Gasteiger partial charge >= 0.3 is 0 Å². The van der Waals surface area contributed by atoms with E-state index in [1.807, 2.05) is 69.2 Å². The Labute approximate surface area is 175 Å². The normalized spacial score (nSPS) is 16.3. The highest BCUT2D eigenvalue weighted by Crippen LogP contribution is 2.30. The first-order chi connectivity index (χ1) is 13.3. The van der Waals surface area contributed by atoms with Crippen LogP contribution in [0, 0.1) is 6.92 Å². The van der Waals surface area contributed by atoms with Crippen molar-refractivity contribution in [1.82, 2.24) is 10.6 Å². The highest BCUT2D eigenvalue weighted by Gasteiger charge is 2.30. The number of halogens is 1. The van der Waals surface area contributed by atoms with Gasteiger partial charge in [-0.2, -0.15) is 0 Å². The number of nitrogens with one attached hydrogen (secondary N) is 3. The van der Waals surface area contributed by atoms with E-state index < -0.39 is 0 Å². The van der Waals surface area contributed by atoms with Gasteiger partial charge in [0.1, 0.15) is 0 Å². The van der Waals surface area contributed by atoms with Crippen LogP contribution in [0.5, 0.6) is 0 Å². The molecule has 0 unspecified atom stereocenters. The van der Waals surface area contributed by atoms with Gasteiger partial charge in [0.25, 0.3) is 5.91 Å². The number of benzene rings is 2. The third-order valence-electron chi connectivity index (χ3n) is 4.77. The Morgan fingerprint density at radius 1 is 1.14 bits per heavy atom. The summed E-state index contributed by atoms with van der Waals surface area (Å²) in [6.45, 7) is 3.73. The first-order valence-electron chi connectivity index (χ1n) is 8.90. The van der Waals surface area contributed by atoms with Crippen molar-refractivity contribution in [2.24, 2.45) is 0 Å². The summed E-state index contributed by atoms with van der Waals surface area (Å²) >= 11 is 11.5. The van der Waals surface area contributed by atoms with E-state index in [4.69, 9.17) is 23.8 Å². The van der Waals surface area contributed by atoms with Crippen LogP contribution in [-0.2, 0) is 4.79 Å². The number of anilines is 2. The minimum Gasteiger partial charge on any atom is -0.378 e. The molecule has 0 bridgehead atoms. The number of hydrogen-bond donors (Lipinski definition) is 3. The lowest BCUT2D eigenvalue weighted by Gasteiger charge is -2.30. The van der Waals surface area contributed by atoms with Crippen molar-refractivity contribution in [3.05, 3.63) is 69.9 Å². The summed E-state index contributed by atoms with van der Waals surface area (Å²) in [6, 6.07) is 13.2. The largest absolute Gasteiger partial charge is 0.378 e. The summed E-state index contributed by atoms with van der Waals surface area (Å²) in [5.74, 6) is -0.202. The molecule has 0 saturated heterocycles. The molecule has 28 heavy (non-hydrogen) atoms. The number of hydrogen-bond acceptors (Lipinski definition) is 3. The van der Waals surface area contributed by atoms with Crippen LogP contribution in [0.4, 0.5) is 11.4 Å². The van der Waals surface area contributed by atoms with Gasteiger partial charge < -0.3 is 20.9 Å². The van der Waals surface area contributed by atoms with Gasteiger partial charge in [-0.15, -0.1) is 0 Å². The molecule has 1 heterocycles. The third-order valence-corrected chi connectivity index (χ3v) is 5.40. The van der Waals surface area contributed by atoms with Gasteiger partial charge in [0.15, 0.2) is 5.11 Å². The molecule has 1 aliphatic heterocycles.